The molecule has 2 rings (SSSR count). The third-order valence-electron chi connectivity index (χ3n) is 3.25. The van der Waals surface area contributed by atoms with E-state index in [9.17, 15) is 4.79 Å². The van der Waals surface area contributed by atoms with Crippen molar-refractivity contribution in [1.82, 2.24) is 4.90 Å². The normalized spacial score (nSPS) is 23.3. The molecular weight excluding hydrogens is 202 g/mol. The molecule has 0 N–H and O–H groups in total. The van der Waals surface area contributed by atoms with Crippen LogP contribution in [0.5, 0.6) is 0 Å². The number of nitrogens with zero attached hydrogens (tertiary/aromatic N) is 1. The first-order valence-corrected chi connectivity index (χ1v) is 5.54. The summed E-state index contributed by atoms with van der Waals surface area (Å²) in [6.45, 7) is 6.53. The van der Waals surface area contributed by atoms with Crippen molar-refractivity contribution >= 4 is 6.09 Å². The molecule has 0 spiro atoms. The van der Waals surface area contributed by atoms with Crippen LogP contribution in [0.2, 0.25) is 0 Å². The van der Waals surface area contributed by atoms with Crippen LogP contribution in [-0.2, 0) is 11.3 Å². The minimum absolute atomic E-state index is 0.0974. The van der Waals surface area contributed by atoms with E-state index < -0.39 is 5.60 Å². The summed E-state index contributed by atoms with van der Waals surface area (Å²) in [7, 11) is 0. The highest BCUT2D eigenvalue weighted by Gasteiger charge is 2.44. The van der Waals surface area contributed by atoms with Crippen LogP contribution >= 0.6 is 0 Å². The van der Waals surface area contributed by atoms with Crippen LogP contribution in [0.15, 0.2) is 30.3 Å². The maximum absolute atomic E-state index is 11.7. The molecular formula is C13H17NO2. The lowest BCUT2D eigenvalue weighted by molar-refractivity contribution is 0.0715. The lowest BCUT2D eigenvalue weighted by Gasteiger charge is -2.25. The zero-order valence-corrected chi connectivity index (χ0v) is 9.93. The summed E-state index contributed by atoms with van der Waals surface area (Å²) in [4.78, 5) is 13.5. The SMILES string of the molecule is C[C@H]1N(Cc2ccccc2)C(=O)OC1(C)C. The third-order valence-corrected chi connectivity index (χ3v) is 3.25. The van der Waals surface area contributed by atoms with E-state index in [1.165, 1.54) is 0 Å². The fourth-order valence-electron chi connectivity index (χ4n) is 1.88. The molecule has 1 amide bonds. The number of cyclic esters (lactones) is 1. The van der Waals surface area contributed by atoms with Gasteiger partial charge in [-0.1, -0.05) is 30.3 Å². The van der Waals surface area contributed by atoms with Gasteiger partial charge in [-0.3, -0.25) is 4.90 Å². The number of carbonyl (C=O) groups excluding carboxylic acids is 1. The molecule has 1 heterocycles. The molecule has 1 saturated heterocycles. The summed E-state index contributed by atoms with van der Waals surface area (Å²) >= 11 is 0. The molecule has 3 heteroatoms. The van der Waals surface area contributed by atoms with Gasteiger partial charge in [0.2, 0.25) is 0 Å². The maximum atomic E-state index is 11.7. The first-order chi connectivity index (χ1) is 7.50. The summed E-state index contributed by atoms with van der Waals surface area (Å²) in [6, 6.07) is 10.1. The van der Waals surface area contributed by atoms with E-state index >= 15 is 0 Å². The van der Waals surface area contributed by atoms with Gasteiger partial charge in [0.25, 0.3) is 0 Å². The zero-order valence-electron chi connectivity index (χ0n) is 9.93. The summed E-state index contributed by atoms with van der Waals surface area (Å²) in [5.74, 6) is 0. The lowest BCUT2D eigenvalue weighted by Crippen LogP contribution is -2.38. The topological polar surface area (TPSA) is 29.5 Å². The number of hydrogen-bond donors (Lipinski definition) is 0. The van der Waals surface area contributed by atoms with Crippen molar-refractivity contribution in [3.63, 3.8) is 0 Å². The van der Waals surface area contributed by atoms with Crippen LogP contribution in [0.3, 0.4) is 0 Å². The second kappa shape index (κ2) is 3.81. The van der Waals surface area contributed by atoms with Crippen molar-refractivity contribution in [2.75, 3.05) is 0 Å². The van der Waals surface area contributed by atoms with E-state index in [1.807, 2.05) is 51.1 Å². The van der Waals surface area contributed by atoms with Crippen molar-refractivity contribution in [2.24, 2.45) is 0 Å². The summed E-state index contributed by atoms with van der Waals surface area (Å²) in [6.07, 6.45) is -0.221. The molecule has 0 radical (unpaired) electrons. The van der Waals surface area contributed by atoms with Crippen LogP contribution in [0.25, 0.3) is 0 Å². The fourth-order valence-corrected chi connectivity index (χ4v) is 1.88. The minimum Gasteiger partial charge on any atom is -0.441 e. The monoisotopic (exact) mass is 219 g/mol. The summed E-state index contributed by atoms with van der Waals surface area (Å²) in [5, 5.41) is 0. The quantitative estimate of drug-likeness (QED) is 0.765. The zero-order chi connectivity index (χ0) is 11.8. The third kappa shape index (κ3) is 1.90. The number of hydrogen-bond acceptors (Lipinski definition) is 2. The highest BCUT2D eigenvalue weighted by Crippen LogP contribution is 2.30. The molecule has 1 aromatic rings. The van der Waals surface area contributed by atoms with E-state index in [0.29, 0.717) is 6.54 Å². The molecule has 1 fully saturated rings. The molecule has 1 atom stereocenters. The van der Waals surface area contributed by atoms with Crippen molar-refractivity contribution in [2.45, 2.75) is 39.0 Å². The highest BCUT2D eigenvalue weighted by atomic mass is 16.6. The van der Waals surface area contributed by atoms with Gasteiger partial charge in [0.05, 0.1) is 6.04 Å². The Kier molecular flexibility index (Phi) is 2.62. The first kappa shape index (κ1) is 11.0. The Bertz CT molecular complexity index is 386. The molecule has 1 aliphatic rings. The fraction of sp³-hybridized carbons (Fsp3) is 0.462. The van der Waals surface area contributed by atoms with Gasteiger partial charge in [0, 0.05) is 6.54 Å². The van der Waals surface area contributed by atoms with Gasteiger partial charge >= 0.3 is 6.09 Å². The van der Waals surface area contributed by atoms with Gasteiger partial charge in [-0.05, 0) is 26.3 Å². The average Bonchev–Trinajstić information content (AvgIpc) is 2.42. The first-order valence-electron chi connectivity index (χ1n) is 5.54. The van der Waals surface area contributed by atoms with Gasteiger partial charge in [0.15, 0.2) is 0 Å². The minimum atomic E-state index is -0.397. The number of ether oxygens (including phenoxy) is 1. The number of benzene rings is 1. The molecule has 86 valence electrons. The second-order valence-electron chi connectivity index (χ2n) is 4.76. The lowest BCUT2D eigenvalue weighted by atomic mass is 10.0. The van der Waals surface area contributed by atoms with E-state index in [1.54, 1.807) is 4.90 Å². The van der Waals surface area contributed by atoms with E-state index in [2.05, 4.69) is 0 Å². The standard InChI is InChI=1S/C13H17NO2/c1-10-13(2,3)16-12(15)14(10)9-11-7-5-4-6-8-11/h4-8,10H,9H2,1-3H3/t10-/m1/s1. The predicted octanol–water partition coefficient (Wildman–Crippen LogP) is 2.81. The predicted molar refractivity (Wildman–Crippen MR) is 62.0 cm³/mol. The summed E-state index contributed by atoms with van der Waals surface area (Å²) < 4.78 is 5.33. The number of amides is 1. The molecule has 0 bridgehead atoms. The Morgan fingerprint density at radius 3 is 2.44 bits per heavy atom. The molecule has 0 unspecified atom stereocenters. The Morgan fingerprint density at radius 2 is 1.94 bits per heavy atom. The Morgan fingerprint density at radius 1 is 1.31 bits per heavy atom. The molecule has 0 saturated carbocycles. The van der Waals surface area contributed by atoms with Crippen LogP contribution in [0, 0.1) is 0 Å². The average molecular weight is 219 g/mol. The van der Waals surface area contributed by atoms with Gasteiger partial charge in [0.1, 0.15) is 5.60 Å². The molecule has 1 aliphatic heterocycles. The number of rotatable bonds is 2. The molecule has 0 aromatic heterocycles. The van der Waals surface area contributed by atoms with Crippen molar-refractivity contribution in [3.8, 4) is 0 Å². The molecule has 3 nitrogen and oxygen atoms in total. The van der Waals surface area contributed by atoms with Gasteiger partial charge in [-0.15, -0.1) is 0 Å². The van der Waals surface area contributed by atoms with Crippen molar-refractivity contribution < 1.29 is 9.53 Å². The van der Waals surface area contributed by atoms with Crippen molar-refractivity contribution in [3.05, 3.63) is 35.9 Å². The van der Waals surface area contributed by atoms with Crippen molar-refractivity contribution in [1.29, 1.82) is 0 Å². The molecule has 16 heavy (non-hydrogen) atoms. The Balaban J connectivity index is 2.14. The van der Waals surface area contributed by atoms with E-state index in [-0.39, 0.29) is 12.1 Å². The van der Waals surface area contributed by atoms with Crippen LogP contribution in [0.1, 0.15) is 26.3 Å². The highest BCUT2D eigenvalue weighted by molar-refractivity contribution is 5.71. The molecule has 1 aromatic carbocycles. The van der Waals surface area contributed by atoms with E-state index in [0.717, 1.165) is 5.56 Å². The molecule has 0 aliphatic carbocycles. The maximum Gasteiger partial charge on any atom is 0.411 e. The van der Waals surface area contributed by atoms with Crippen LogP contribution in [0.4, 0.5) is 4.79 Å². The Hall–Kier alpha value is -1.51. The van der Waals surface area contributed by atoms with Gasteiger partial charge < -0.3 is 4.74 Å². The van der Waals surface area contributed by atoms with Crippen LogP contribution < -0.4 is 0 Å². The van der Waals surface area contributed by atoms with Crippen LogP contribution in [-0.4, -0.2) is 22.6 Å². The van der Waals surface area contributed by atoms with Gasteiger partial charge in [-0.25, -0.2) is 4.79 Å². The van der Waals surface area contributed by atoms with Gasteiger partial charge in [-0.2, -0.15) is 0 Å². The number of carbonyl (C=O) groups is 1. The largest absolute Gasteiger partial charge is 0.441 e. The Labute approximate surface area is 96.0 Å². The summed E-state index contributed by atoms with van der Waals surface area (Å²) in [5.41, 5.74) is 0.732. The van der Waals surface area contributed by atoms with E-state index in [4.69, 9.17) is 4.74 Å². The second-order valence-corrected chi connectivity index (χ2v) is 4.76. The smallest absolute Gasteiger partial charge is 0.411 e.